The third-order valence-corrected chi connectivity index (χ3v) is 5.71. The lowest BCUT2D eigenvalue weighted by Gasteiger charge is -2.16. The van der Waals surface area contributed by atoms with Gasteiger partial charge in [-0.2, -0.15) is 13.2 Å². The predicted molar refractivity (Wildman–Crippen MR) is 111 cm³/mol. The number of carboxylic acid groups (broad SMARTS) is 1. The van der Waals surface area contributed by atoms with Gasteiger partial charge in [0.25, 0.3) is 5.91 Å². The molecule has 1 amide bonds. The number of carbonyl (C=O) groups is 2. The Kier molecular flexibility index (Phi) is 6.21. The second-order valence-electron chi connectivity index (χ2n) is 6.97. The number of nitrogens with zero attached hydrogens (tertiary/aromatic N) is 2. The van der Waals surface area contributed by atoms with Crippen LogP contribution in [0.5, 0.6) is 0 Å². The van der Waals surface area contributed by atoms with Crippen molar-refractivity contribution >= 4 is 28.3 Å². The summed E-state index contributed by atoms with van der Waals surface area (Å²) in [4.78, 5) is 28.3. The van der Waals surface area contributed by atoms with Gasteiger partial charge in [0.1, 0.15) is 0 Å². The number of anilines is 1. The summed E-state index contributed by atoms with van der Waals surface area (Å²) >= 11 is 1.09. The monoisotopic (exact) mass is 451 g/mol. The highest BCUT2D eigenvalue weighted by Crippen LogP contribution is 2.35. The van der Waals surface area contributed by atoms with E-state index in [9.17, 15) is 27.9 Å². The molecule has 2 heterocycles. The molecular formula is C21H20F3N3O3S. The molecule has 0 bridgehead atoms. The van der Waals surface area contributed by atoms with Crippen LogP contribution in [0, 0.1) is 13.8 Å². The van der Waals surface area contributed by atoms with Gasteiger partial charge in [-0.1, -0.05) is 19.1 Å². The van der Waals surface area contributed by atoms with Crippen molar-refractivity contribution in [1.29, 1.82) is 0 Å². The van der Waals surface area contributed by atoms with Gasteiger partial charge in [-0.3, -0.25) is 14.9 Å². The number of aliphatic carboxylic acids is 1. The zero-order valence-corrected chi connectivity index (χ0v) is 17.8. The lowest BCUT2D eigenvalue weighted by atomic mass is 10.0. The molecule has 10 heteroatoms. The number of para-hydroxylation sites is 1. The SMILES string of the molecule is CCC(C(=O)O)c1csc(NC(=O)c2cc(C)n(-c3ccccc3C(F)(F)F)c2C)n1. The number of rotatable bonds is 6. The number of halogens is 3. The van der Waals surface area contributed by atoms with Gasteiger partial charge >= 0.3 is 12.1 Å². The lowest BCUT2D eigenvalue weighted by molar-refractivity contribution is -0.139. The van der Waals surface area contributed by atoms with Crippen LogP contribution in [0.4, 0.5) is 18.3 Å². The Morgan fingerprint density at radius 3 is 2.55 bits per heavy atom. The summed E-state index contributed by atoms with van der Waals surface area (Å²) in [5, 5.41) is 13.7. The maximum absolute atomic E-state index is 13.5. The quantitative estimate of drug-likeness (QED) is 0.526. The molecule has 0 radical (unpaired) electrons. The minimum atomic E-state index is -4.54. The van der Waals surface area contributed by atoms with Crippen LogP contribution in [-0.4, -0.2) is 26.5 Å². The first kappa shape index (κ1) is 22.5. The van der Waals surface area contributed by atoms with Crippen LogP contribution in [0.15, 0.2) is 35.7 Å². The van der Waals surface area contributed by atoms with Crippen LogP contribution >= 0.6 is 11.3 Å². The van der Waals surface area contributed by atoms with Gasteiger partial charge < -0.3 is 9.67 Å². The van der Waals surface area contributed by atoms with E-state index in [1.54, 1.807) is 26.2 Å². The number of aromatic nitrogens is 2. The summed E-state index contributed by atoms with van der Waals surface area (Å²) in [7, 11) is 0. The molecule has 0 saturated heterocycles. The number of hydrogen-bond acceptors (Lipinski definition) is 4. The van der Waals surface area contributed by atoms with Crippen molar-refractivity contribution in [3.63, 3.8) is 0 Å². The van der Waals surface area contributed by atoms with Crippen molar-refractivity contribution in [2.75, 3.05) is 5.32 Å². The number of alkyl halides is 3. The second-order valence-corrected chi connectivity index (χ2v) is 7.82. The van der Waals surface area contributed by atoms with E-state index in [0.29, 0.717) is 23.5 Å². The van der Waals surface area contributed by atoms with E-state index in [4.69, 9.17) is 0 Å². The highest BCUT2D eigenvalue weighted by atomic mass is 32.1. The Hall–Kier alpha value is -3.14. The Bertz CT molecular complexity index is 1130. The largest absolute Gasteiger partial charge is 0.481 e. The molecule has 31 heavy (non-hydrogen) atoms. The zero-order valence-electron chi connectivity index (χ0n) is 16.9. The topological polar surface area (TPSA) is 84.2 Å². The van der Waals surface area contributed by atoms with Gasteiger partial charge in [0.15, 0.2) is 5.13 Å². The molecule has 1 aromatic carbocycles. The number of nitrogens with one attached hydrogen (secondary N) is 1. The van der Waals surface area contributed by atoms with Gasteiger partial charge in [-0.15, -0.1) is 11.3 Å². The number of aryl methyl sites for hydroxylation is 1. The molecule has 3 rings (SSSR count). The fraction of sp³-hybridized carbons (Fsp3) is 0.286. The van der Waals surface area contributed by atoms with E-state index in [1.165, 1.54) is 28.8 Å². The van der Waals surface area contributed by atoms with Gasteiger partial charge in [0.05, 0.1) is 28.4 Å². The molecule has 0 aliphatic rings. The molecule has 1 unspecified atom stereocenters. The van der Waals surface area contributed by atoms with E-state index >= 15 is 0 Å². The summed E-state index contributed by atoms with van der Waals surface area (Å²) in [6.45, 7) is 4.92. The molecule has 0 aliphatic carbocycles. The zero-order chi connectivity index (χ0) is 22.9. The third kappa shape index (κ3) is 4.48. The molecule has 0 saturated carbocycles. The molecule has 1 atom stereocenters. The van der Waals surface area contributed by atoms with Crippen LogP contribution in [-0.2, 0) is 11.0 Å². The Morgan fingerprint density at radius 2 is 1.94 bits per heavy atom. The summed E-state index contributed by atoms with van der Waals surface area (Å²) in [6, 6.07) is 6.69. The smallest absolute Gasteiger partial charge is 0.418 e. The number of amides is 1. The summed E-state index contributed by atoms with van der Waals surface area (Å²) in [5.74, 6) is -2.31. The first-order valence-corrected chi connectivity index (χ1v) is 10.3. The minimum Gasteiger partial charge on any atom is -0.481 e. The van der Waals surface area contributed by atoms with Gasteiger partial charge in [0, 0.05) is 16.8 Å². The molecule has 6 nitrogen and oxygen atoms in total. The van der Waals surface area contributed by atoms with Crippen molar-refractivity contribution in [1.82, 2.24) is 9.55 Å². The number of thiazole rings is 1. The normalized spacial score (nSPS) is 12.6. The third-order valence-electron chi connectivity index (χ3n) is 4.93. The molecule has 3 aromatic rings. The number of carboxylic acids is 1. The lowest BCUT2D eigenvalue weighted by Crippen LogP contribution is -2.15. The van der Waals surface area contributed by atoms with Crippen LogP contribution in [0.25, 0.3) is 5.69 Å². The Labute approximate surface area is 180 Å². The van der Waals surface area contributed by atoms with Crippen LogP contribution in [0.3, 0.4) is 0 Å². The standard InChI is InChI=1S/C21H20F3N3O3S/c1-4-13(19(29)30)16-10-31-20(25-16)26-18(28)14-9-11(2)27(12(14)3)17-8-6-5-7-15(17)21(22,23)24/h5-10,13H,4H2,1-3H3,(H,29,30)(H,25,26,28). The van der Waals surface area contributed by atoms with E-state index in [0.717, 1.165) is 17.4 Å². The van der Waals surface area contributed by atoms with Crippen molar-refractivity contribution in [2.24, 2.45) is 0 Å². The molecule has 164 valence electrons. The van der Waals surface area contributed by atoms with Gasteiger partial charge in [-0.25, -0.2) is 4.98 Å². The predicted octanol–water partition coefficient (Wildman–Crippen LogP) is 5.40. The average molecular weight is 451 g/mol. The first-order chi connectivity index (χ1) is 14.5. The molecular weight excluding hydrogens is 431 g/mol. The van der Waals surface area contributed by atoms with Crippen molar-refractivity contribution in [3.8, 4) is 5.69 Å². The number of benzene rings is 1. The first-order valence-electron chi connectivity index (χ1n) is 9.39. The second kappa shape index (κ2) is 8.54. The minimum absolute atomic E-state index is 0.0622. The van der Waals surface area contributed by atoms with Crippen LogP contribution < -0.4 is 5.32 Å². The Balaban J connectivity index is 1.93. The van der Waals surface area contributed by atoms with Crippen molar-refractivity contribution in [2.45, 2.75) is 39.3 Å². The van der Waals surface area contributed by atoms with Gasteiger partial charge in [0.2, 0.25) is 0 Å². The summed E-state index contributed by atoms with van der Waals surface area (Å²) in [6.07, 6.45) is -4.19. The summed E-state index contributed by atoms with van der Waals surface area (Å²) in [5.41, 5.74) is 0.508. The maximum atomic E-state index is 13.5. The van der Waals surface area contributed by atoms with E-state index in [1.807, 2.05) is 0 Å². The van der Waals surface area contributed by atoms with Crippen molar-refractivity contribution in [3.05, 3.63) is 63.9 Å². The fourth-order valence-corrected chi connectivity index (χ4v) is 4.21. The van der Waals surface area contributed by atoms with E-state index in [2.05, 4.69) is 10.3 Å². The maximum Gasteiger partial charge on any atom is 0.418 e. The molecule has 2 N–H and O–H groups in total. The summed E-state index contributed by atoms with van der Waals surface area (Å²) < 4.78 is 41.8. The number of carbonyl (C=O) groups excluding carboxylic acids is 1. The fourth-order valence-electron chi connectivity index (χ4n) is 3.45. The van der Waals surface area contributed by atoms with E-state index in [-0.39, 0.29) is 16.4 Å². The molecule has 0 fully saturated rings. The van der Waals surface area contributed by atoms with Crippen LogP contribution in [0.2, 0.25) is 0 Å². The van der Waals surface area contributed by atoms with Gasteiger partial charge in [-0.05, 0) is 38.5 Å². The van der Waals surface area contributed by atoms with Crippen molar-refractivity contribution < 1.29 is 27.9 Å². The average Bonchev–Trinajstić information content (AvgIpc) is 3.25. The molecule has 2 aromatic heterocycles. The van der Waals surface area contributed by atoms with Crippen LogP contribution in [0.1, 0.15) is 52.3 Å². The molecule has 0 aliphatic heterocycles. The Morgan fingerprint density at radius 1 is 1.26 bits per heavy atom. The number of hydrogen-bond donors (Lipinski definition) is 2. The van der Waals surface area contributed by atoms with E-state index < -0.39 is 29.5 Å². The highest BCUT2D eigenvalue weighted by molar-refractivity contribution is 7.14. The highest BCUT2D eigenvalue weighted by Gasteiger charge is 2.34. The molecule has 0 spiro atoms.